The highest BCUT2D eigenvalue weighted by Gasteiger charge is 1.91. The SMILES string of the molecule is CCCCCNCc1cnc[nH]1. The van der Waals surface area contributed by atoms with Gasteiger partial charge in [0, 0.05) is 18.4 Å². The number of imidazole rings is 1. The molecule has 0 aliphatic heterocycles. The quantitative estimate of drug-likeness (QED) is 0.633. The fraction of sp³-hybridized carbons (Fsp3) is 0.667. The smallest absolute Gasteiger partial charge is 0.0922 e. The second kappa shape index (κ2) is 5.77. The summed E-state index contributed by atoms with van der Waals surface area (Å²) < 4.78 is 0. The zero-order valence-corrected chi connectivity index (χ0v) is 7.64. The maximum Gasteiger partial charge on any atom is 0.0922 e. The number of hydrogen-bond donors (Lipinski definition) is 2. The summed E-state index contributed by atoms with van der Waals surface area (Å²) in [5.41, 5.74) is 1.16. The molecule has 0 aliphatic rings. The van der Waals surface area contributed by atoms with E-state index in [9.17, 15) is 0 Å². The highest BCUT2D eigenvalue weighted by molar-refractivity contribution is 4.92. The lowest BCUT2D eigenvalue weighted by atomic mass is 10.2. The van der Waals surface area contributed by atoms with Crippen molar-refractivity contribution in [2.45, 2.75) is 32.7 Å². The summed E-state index contributed by atoms with van der Waals surface area (Å²) in [6, 6.07) is 0. The third kappa shape index (κ3) is 3.53. The van der Waals surface area contributed by atoms with Crippen LogP contribution in [0.3, 0.4) is 0 Å². The molecule has 0 spiro atoms. The zero-order chi connectivity index (χ0) is 8.65. The van der Waals surface area contributed by atoms with E-state index in [1.54, 1.807) is 6.33 Å². The molecule has 0 aliphatic carbocycles. The highest BCUT2D eigenvalue weighted by Crippen LogP contribution is 1.93. The Morgan fingerprint density at radius 2 is 2.42 bits per heavy atom. The molecule has 2 N–H and O–H groups in total. The molecule has 0 atom stereocenters. The highest BCUT2D eigenvalue weighted by atomic mass is 14.9. The van der Waals surface area contributed by atoms with Gasteiger partial charge in [-0.15, -0.1) is 0 Å². The Hall–Kier alpha value is -0.830. The van der Waals surface area contributed by atoms with E-state index in [0.717, 1.165) is 18.8 Å². The van der Waals surface area contributed by atoms with Gasteiger partial charge in [-0.2, -0.15) is 0 Å². The largest absolute Gasteiger partial charge is 0.347 e. The lowest BCUT2D eigenvalue weighted by molar-refractivity contribution is 0.612. The third-order valence-corrected chi connectivity index (χ3v) is 1.83. The molecule has 3 heteroatoms. The van der Waals surface area contributed by atoms with Gasteiger partial charge >= 0.3 is 0 Å². The van der Waals surface area contributed by atoms with Crippen LogP contribution in [0.15, 0.2) is 12.5 Å². The molecule has 1 aromatic rings. The topological polar surface area (TPSA) is 40.7 Å². The molecule has 68 valence electrons. The summed E-state index contributed by atoms with van der Waals surface area (Å²) in [6.07, 6.45) is 7.43. The fourth-order valence-corrected chi connectivity index (χ4v) is 1.10. The molecule has 1 aromatic heterocycles. The van der Waals surface area contributed by atoms with Crippen LogP contribution in [0.2, 0.25) is 0 Å². The van der Waals surface area contributed by atoms with E-state index >= 15 is 0 Å². The summed E-state index contributed by atoms with van der Waals surface area (Å²) in [5.74, 6) is 0. The van der Waals surface area contributed by atoms with E-state index in [2.05, 4.69) is 22.2 Å². The summed E-state index contributed by atoms with van der Waals surface area (Å²) in [5, 5.41) is 3.35. The van der Waals surface area contributed by atoms with Crippen LogP contribution in [0, 0.1) is 0 Å². The van der Waals surface area contributed by atoms with Crippen molar-refractivity contribution in [1.29, 1.82) is 0 Å². The first-order chi connectivity index (χ1) is 5.93. The van der Waals surface area contributed by atoms with Crippen LogP contribution in [-0.4, -0.2) is 16.5 Å². The van der Waals surface area contributed by atoms with E-state index < -0.39 is 0 Å². The predicted molar refractivity (Wildman–Crippen MR) is 49.8 cm³/mol. The van der Waals surface area contributed by atoms with Gasteiger partial charge in [-0.05, 0) is 13.0 Å². The summed E-state index contributed by atoms with van der Waals surface area (Å²) in [4.78, 5) is 7.00. The Balaban J connectivity index is 1.96. The molecule has 0 unspecified atom stereocenters. The summed E-state index contributed by atoms with van der Waals surface area (Å²) in [6.45, 7) is 4.23. The Kier molecular flexibility index (Phi) is 4.46. The molecule has 1 heterocycles. The van der Waals surface area contributed by atoms with Gasteiger partial charge < -0.3 is 10.3 Å². The predicted octanol–water partition coefficient (Wildman–Crippen LogP) is 1.69. The van der Waals surface area contributed by atoms with Crippen molar-refractivity contribution in [1.82, 2.24) is 15.3 Å². The molecule has 0 aromatic carbocycles. The van der Waals surface area contributed by atoms with Gasteiger partial charge in [0.1, 0.15) is 0 Å². The van der Waals surface area contributed by atoms with Crippen LogP contribution in [0.25, 0.3) is 0 Å². The van der Waals surface area contributed by atoms with Crippen LogP contribution >= 0.6 is 0 Å². The molecular weight excluding hydrogens is 150 g/mol. The minimum Gasteiger partial charge on any atom is -0.347 e. The summed E-state index contributed by atoms with van der Waals surface area (Å²) in [7, 11) is 0. The van der Waals surface area contributed by atoms with Crippen LogP contribution in [0.4, 0.5) is 0 Å². The molecule has 0 saturated carbocycles. The number of nitrogens with one attached hydrogen (secondary N) is 2. The molecule has 0 saturated heterocycles. The van der Waals surface area contributed by atoms with E-state index in [1.165, 1.54) is 19.3 Å². The van der Waals surface area contributed by atoms with E-state index in [1.807, 2.05) is 6.20 Å². The number of unbranched alkanes of at least 4 members (excludes halogenated alkanes) is 2. The molecule has 0 amide bonds. The van der Waals surface area contributed by atoms with E-state index in [0.29, 0.717) is 0 Å². The molecule has 0 radical (unpaired) electrons. The number of rotatable bonds is 6. The molecule has 12 heavy (non-hydrogen) atoms. The molecule has 3 nitrogen and oxygen atoms in total. The van der Waals surface area contributed by atoms with Crippen LogP contribution in [0.5, 0.6) is 0 Å². The second-order valence-corrected chi connectivity index (χ2v) is 2.96. The Morgan fingerprint density at radius 3 is 3.08 bits per heavy atom. The lowest BCUT2D eigenvalue weighted by Gasteiger charge is -2.00. The lowest BCUT2D eigenvalue weighted by Crippen LogP contribution is -2.14. The van der Waals surface area contributed by atoms with Gasteiger partial charge in [0.05, 0.1) is 6.33 Å². The maximum absolute atomic E-state index is 3.94. The standard InChI is InChI=1S/C9H17N3/c1-2-3-4-5-10-6-9-7-11-8-12-9/h7-8,10H,2-6H2,1H3,(H,11,12). The molecular formula is C9H17N3. The molecule has 1 rings (SSSR count). The minimum absolute atomic E-state index is 0.906. The number of aromatic amines is 1. The third-order valence-electron chi connectivity index (χ3n) is 1.83. The van der Waals surface area contributed by atoms with Crippen LogP contribution in [0.1, 0.15) is 31.9 Å². The van der Waals surface area contributed by atoms with Crippen molar-refractivity contribution in [3.05, 3.63) is 18.2 Å². The average Bonchev–Trinajstić information content (AvgIpc) is 2.57. The first kappa shape index (κ1) is 9.26. The fourth-order valence-electron chi connectivity index (χ4n) is 1.10. The summed E-state index contributed by atoms with van der Waals surface area (Å²) >= 11 is 0. The van der Waals surface area contributed by atoms with Gasteiger partial charge in [-0.25, -0.2) is 4.98 Å². The minimum atomic E-state index is 0.906. The zero-order valence-electron chi connectivity index (χ0n) is 7.64. The van der Waals surface area contributed by atoms with Crippen LogP contribution < -0.4 is 5.32 Å². The van der Waals surface area contributed by atoms with Crippen molar-refractivity contribution in [2.24, 2.45) is 0 Å². The number of aromatic nitrogens is 2. The van der Waals surface area contributed by atoms with Gasteiger partial charge in [-0.1, -0.05) is 19.8 Å². The number of H-pyrrole nitrogens is 1. The van der Waals surface area contributed by atoms with E-state index in [-0.39, 0.29) is 0 Å². The monoisotopic (exact) mass is 167 g/mol. The van der Waals surface area contributed by atoms with Crippen molar-refractivity contribution in [3.63, 3.8) is 0 Å². The Bertz CT molecular complexity index is 182. The number of hydrogen-bond acceptors (Lipinski definition) is 2. The van der Waals surface area contributed by atoms with Crippen molar-refractivity contribution < 1.29 is 0 Å². The van der Waals surface area contributed by atoms with E-state index in [4.69, 9.17) is 0 Å². The first-order valence-corrected chi connectivity index (χ1v) is 4.61. The van der Waals surface area contributed by atoms with Crippen molar-refractivity contribution >= 4 is 0 Å². The second-order valence-electron chi connectivity index (χ2n) is 2.96. The normalized spacial score (nSPS) is 10.4. The molecule has 0 fully saturated rings. The van der Waals surface area contributed by atoms with Gasteiger partial charge in [-0.3, -0.25) is 0 Å². The van der Waals surface area contributed by atoms with Crippen LogP contribution in [-0.2, 0) is 6.54 Å². The van der Waals surface area contributed by atoms with Crippen molar-refractivity contribution in [2.75, 3.05) is 6.54 Å². The average molecular weight is 167 g/mol. The number of nitrogens with zero attached hydrogens (tertiary/aromatic N) is 1. The first-order valence-electron chi connectivity index (χ1n) is 4.61. The van der Waals surface area contributed by atoms with Gasteiger partial charge in [0.25, 0.3) is 0 Å². The van der Waals surface area contributed by atoms with Gasteiger partial charge in [0.15, 0.2) is 0 Å². The maximum atomic E-state index is 3.94. The van der Waals surface area contributed by atoms with Gasteiger partial charge in [0.2, 0.25) is 0 Å². The molecule has 0 bridgehead atoms. The Morgan fingerprint density at radius 1 is 1.50 bits per heavy atom. The van der Waals surface area contributed by atoms with Crippen molar-refractivity contribution in [3.8, 4) is 0 Å². The Labute approximate surface area is 73.6 Å².